The van der Waals surface area contributed by atoms with Crippen molar-refractivity contribution in [1.82, 2.24) is 5.32 Å². The lowest BCUT2D eigenvalue weighted by molar-refractivity contribution is -0.217. The summed E-state index contributed by atoms with van der Waals surface area (Å²) in [6.45, 7) is 9.14. The number of hydrogen-bond donors (Lipinski definition) is 2. The molecule has 0 aromatic heterocycles. The van der Waals surface area contributed by atoms with Crippen molar-refractivity contribution in [3.05, 3.63) is 30.0 Å². The van der Waals surface area contributed by atoms with E-state index in [0.717, 1.165) is 30.9 Å². The average Bonchev–Trinajstić information content (AvgIpc) is 2.65. The molecule has 3 N–H and O–H groups in total. The highest BCUT2D eigenvalue weighted by Crippen LogP contribution is 2.32. The largest absolute Gasteiger partial charge is 0.397 e. The Kier molecular flexibility index (Phi) is 6.93. The third-order valence-corrected chi connectivity index (χ3v) is 5.36. The minimum Gasteiger partial charge on any atom is -0.397 e. The molecule has 0 atom stereocenters. The first kappa shape index (κ1) is 21.7. The molecule has 1 aromatic rings. The smallest absolute Gasteiger partial charge is 0.174 e. The number of methoxy groups -OCH3 is 1. The molecule has 2 heterocycles. The van der Waals surface area contributed by atoms with Gasteiger partial charge in [-0.2, -0.15) is 0 Å². The Labute approximate surface area is 174 Å². The second kappa shape index (κ2) is 9.24. The molecule has 0 unspecified atom stereocenters. The minimum absolute atomic E-state index is 0.0772. The van der Waals surface area contributed by atoms with E-state index in [4.69, 9.17) is 19.9 Å². The number of nitrogens with zero attached hydrogens (tertiary/aromatic N) is 2. The molecule has 0 bridgehead atoms. The SMILES string of the molecule is COCC1CN(c2ccc(/C(N)=C/NCC3OCC(C)(C)CO3)c(N(C)C)c2)C1. The van der Waals surface area contributed by atoms with Crippen LogP contribution in [0.2, 0.25) is 0 Å². The molecule has 3 rings (SSSR count). The van der Waals surface area contributed by atoms with Crippen molar-refractivity contribution in [1.29, 1.82) is 0 Å². The highest BCUT2D eigenvalue weighted by Gasteiger charge is 2.28. The average molecular weight is 405 g/mol. The van der Waals surface area contributed by atoms with Crippen molar-refractivity contribution >= 4 is 17.1 Å². The van der Waals surface area contributed by atoms with E-state index in [1.165, 1.54) is 5.69 Å². The Morgan fingerprint density at radius 3 is 2.62 bits per heavy atom. The summed E-state index contributed by atoms with van der Waals surface area (Å²) in [7, 11) is 5.84. The molecule has 0 saturated carbocycles. The molecule has 1 aromatic carbocycles. The molecule has 2 saturated heterocycles. The van der Waals surface area contributed by atoms with Crippen LogP contribution in [0, 0.1) is 11.3 Å². The van der Waals surface area contributed by atoms with E-state index in [1.807, 2.05) is 20.3 Å². The lowest BCUT2D eigenvalue weighted by Gasteiger charge is -2.41. The summed E-state index contributed by atoms with van der Waals surface area (Å²) in [4.78, 5) is 4.47. The van der Waals surface area contributed by atoms with Crippen LogP contribution in [0.3, 0.4) is 0 Å². The molecule has 7 heteroatoms. The van der Waals surface area contributed by atoms with Gasteiger partial charge < -0.3 is 35.1 Å². The molecule has 2 aliphatic heterocycles. The van der Waals surface area contributed by atoms with Crippen LogP contribution in [0.15, 0.2) is 24.4 Å². The predicted octanol–water partition coefficient (Wildman–Crippen LogP) is 2.08. The molecule has 0 radical (unpaired) electrons. The van der Waals surface area contributed by atoms with Gasteiger partial charge >= 0.3 is 0 Å². The number of anilines is 2. The van der Waals surface area contributed by atoms with Crippen LogP contribution in [-0.4, -0.2) is 67.0 Å². The maximum Gasteiger partial charge on any atom is 0.174 e. The fraction of sp³-hybridized carbons (Fsp3) is 0.636. The molecule has 0 aliphatic carbocycles. The molecule has 29 heavy (non-hydrogen) atoms. The first-order valence-electron chi connectivity index (χ1n) is 10.3. The highest BCUT2D eigenvalue weighted by molar-refractivity contribution is 5.78. The standard InChI is InChI=1S/C22H36N4O3/c1-22(2)14-28-21(29-15-22)10-24-9-19(23)18-7-6-17(8-20(18)25(3)4)26-11-16(12-26)13-27-5/h6-9,16,21,24H,10-15,23H2,1-5H3/b19-9-. The number of benzene rings is 1. The van der Waals surface area contributed by atoms with Gasteiger partial charge in [0, 0.05) is 68.8 Å². The van der Waals surface area contributed by atoms with Crippen LogP contribution in [0.1, 0.15) is 19.4 Å². The topological polar surface area (TPSA) is 72.2 Å². The summed E-state index contributed by atoms with van der Waals surface area (Å²) in [6, 6.07) is 6.44. The van der Waals surface area contributed by atoms with Crippen LogP contribution in [0.4, 0.5) is 11.4 Å². The molecular weight excluding hydrogens is 368 g/mol. The Hall–Kier alpha value is -1.96. The number of hydrogen-bond acceptors (Lipinski definition) is 7. The molecule has 0 spiro atoms. The monoisotopic (exact) mass is 404 g/mol. The third kappa shape index (κ3) is 5.56. The Morgan fingerprint density at radius 2 is 2.00 bits per heavy atom. The van der Waals surface area contributed by atoms with Crippen LogP contribution in [0.5, 0.6) is 0 Å². The van der Waals surface area contributed by atoms with Gasteiger partial charge in [-0.1, -0.05) is 13.8 Å². The quantitative estimate of drug-likeness (QED) is 0.687. The van der Waals surface area contributed by atoms with Crippen molar-refractivity contribution in [3.63, 3.8) is 0 Å². The number of rotatable bonds is 8. The second-order valence-electron chi connectivity index (χ2n) is 9.05. The van der Waals surface area contributed by atoms with E-state index in [0.29, 0.717) is 31.4 Å². The third-order valence-electron chi connectivity index (χ3n) is 5.36. The summed E-state index contributed by atoms with van der Waals surface area (Å²) < 4.78 is 16.8. The lowest BCUT2D eigenvalue weighted by atomic mass is 9.96. The van der Waals surface area contributed by atoms with Gasteiger partial charge in [-0.3, -0.25) is 0 Å². The Bertz CT molecular complexity index is 704. The number of nitrogens with two attached hydrogens (primary N) is 1. The van der Waals surface area contributed by atoms with Crippen molar-refractivity contribution < 1.29 is 14.2 Å². The van der Waals surface area contributed by atoms with Crippen LogP contribution >= 0.6 is 0 Å². The van der Waals surface area contributed by atoms with Gasteiger partial charge in [0.15, 0.2) is 6.29 Å². The van der Waals surface area contributed by atoms with Gasteiger partial charge in [0.2, 0.25) is 0 Å². The lowest BCUT2D eigenvalue weighted by Crippen LogP contribution is -2.48. The van der Waals surface area contributed by atoms with Gasteiger partial charge in [-0.15, -0.1) is 0 Å². The minimum atomic E-state index is -0.241. The summed E-state index contributed by atoms with van der Waals surface area (Å²) in [5.41, 5.74) is 10.5. The Balaban J connectivity index is 1.60. The molecular formula is C22H36N4O3. The first-order valence-corrected chi connectivity index (χ1v) is 10.3. The summed E-state index contributed by atoms with van der Waals surface area (Å²) in [5.74, 6) is 0.617. The van der Waals surface area contributed by atoms with E-state index in [2.05, 4.69) is 47.2 Å². The van der Waals surface area contributed by atoms with Crippen molar-refractivity contribution in [2.75, 3.05) is 70.5 Å². The maximum atomic E-state index is 6.39. The fourth-order valence-corrected chi connectivity index (χ4v) is 3.64. The predicted molar refractivity (Wildman–Crippen MR) is 118 cm³/mol. The zero-order valence-corrected chi connectivity index (χ0v) is 18.4. The van der Waals surface area contributed by atoms with Crippen molar-refractivity contribution in [2.24, 2.45) is 17.1 Å². The Morgan fingerprint density at radius 1 is 1.31 bits per heavy atom. The molecule has 2 fully saturated rings. The van der Waals surface area contributed by atoms with Gasteiger partial charge in [0.1, 0.15) is 0 Å². The number of nitrogens with one attached hydrogen (secondary N) is 1. The maximum absolute atomic E-state index is 6.39. The first-order chi connectivity index (χ1) is 13.8. The normalized spacial score (nSPS) is 20.4. The molecule has 7 nitrogen and oxygen atoms in total. The van der Waals surface area contributed by atoms with Gasteiger partial charge in [0.25, 0.3) is 0 Å². The van der Waals surface area contributed by atoms with E-state index in [-0.39, 0.29) is 11.7 Å². The summed E-state index contributed by atoms with van der Waals surface area (Å²) in [5, 5.41) is 3.25. The van der Waals surface area contributed by atoms with Crippen LogP contribution < -0.4 is 20.9 Å². The van der Waals surface area contributed by atoms with E-state index in [1.54, 1.807) is 7.11 Å². The number of ether oxygens (including phenoxy) is 3. The van der Waals surface area contributed by atoms with E-state index in [9.17, 15) is 0 Å². The van der Waals surface area contributed by atoms with Gasteiger partial charge in [-0.05, 0) is 18.2 Å². The summed E-state index contributed by atoms with van der Waals surface area (Å²) >= 11 is 0. The van der Waals surface area contributed by atoms with Crippen LogP contribution in [0.25, 0.3) is 5.70 Å². The molecule has 162 valence electrons. The summed E-state index contributed by atoms with van der Waals surface area (Å²) in [6.07, 6.45) is 1.60. The molecule has 2 aliphatic rings. The zero-order valence-electron chi connectivity index (χ0n) is 18.4. The second-order valence-corrected chi connectivity index (χ2v) is 9.05. The van der Waals surface area contributed by atoms with E-state index < -0.39 is 0 Å². The van der Waals surface area contributed by atoms with Crippen LogP contribution in [-0.2, 0) is 14.2 Å². The zero-order chi connectivity index (χ0) is 21.0. The van der Waals surface area contributed by atoms with Crippen molar-refractivity contribution in [3.8, 4) is 0 Å². The fourth-order valence-electron chi connectivity index (χ4n) is 3.64. The molecule has 0 amide bonds. The van der Waals surface area contributed by atoms with E-state index >= 15 is 0 Å². The highest BCUT2D eigenvalue weighted by atomic mass is 16.7. The van der Waals surface area contributed by atoms with Gasteiger partial charge in [0.05, 0.1) is 32.1 Å². The van der Waals surface area contributed by atoms with Gasteiger partial charge in [-0.25, -0.2) is 0 Å². The van der Waals surface area contributed by atoms with Crippen molar-refractivity contribution in [2.45, 2.75) is 20.1 Å².